The van der Waals surface area contributed by atoms with Crippen molar-refractivity contribution in [1.82, 2.24) is 5.32 Å². The van der Waals surface area contributed by atoms with Crippen LogP contribution >= 0.6 is 0 Å². The Kier molecular flexibility index (Phi) is 6.20. The van der Waals surface area contributed by atoms with Gasteiger partial charge >= 0.3 is 0 Å². The summed E-state index contributed by atoms with van der Waals surface area (Å²) < 4.78 is 12.8. The van der Waals surface area contributed by atoms with Crippen LogP contribution in [0.1, 0.15) is 24.8 Å². The topological polar surface area (TPSA) is 35.8 Å². The molecule has 0 spiro atoms. The zero-order valence-electron chi connectivity index (χ0n) is 9.38. The lowest BCUT2D eigenvalue weighted by atomic mass is 10.1. The van der Waals surface area contributed by atoms with E-state index in [-0.39, 0.29) is 5.82 Å². The van der Waals surface area contributed by atoms with Crippen LogP contribution in [0.25, 0.3) is 0 Å². The Morgan fingerprint density at radius 2 is 2.12 bits per heavy atom. The Morgan fingerprint density at radius 3 is 2.88 bits per heavy atom. The van der Waals surface area contributed by atoms with Gasteiger partial charge < -0.3 is 5.32 Å². The number of hydrogen-bond acceptors (Lipinski definition) is 2. The predicted octanol–water partition coefficient (Wildman–Crippen LogP) is 2.65. The highest BCUT2D eigenvalue weighted by molar-refractivity contribution is 5.16. The molecule has 0 saturated heterocycles. The maximum absolute atomic E-state index is 12.8. The molecule has 0 unspecified atom stereocenters. The van der Waals surface area contributed by atoms with Crippen LogP contribution in [0.3, 0.4) is 0 Å². The highest BCUT2D eigenvalue weighted by atomic mass is 19.1. The molecule has 0 aliphatic carbocycles. The quantitative estimate of drug-likeness (QED) is 0.717. The van der Waals surface area contributed by atoms with E-state index in [1.54, 1.807) is 12.1 Å². The molecule has 1 aromatic carbocycles. The van der Waals surface area contributed by atoms with Gasteiger partial charge in [-0.15, -0.1) is 0 Å². The summed E-state index contributed by atoms with van der Waals surface area (Å²) in [5.74, 6) is -0.175. The highest BCUT2D eigenvalue weighted by Crippen LogP contribution is 2.03. The van der Waals surface area contributed by atoms with Crippen molar-refractivity contribution >= 4 is 0 Å². The molecule has 0 saturated carbocycles. The number of halogens is 1. The Morgan fingerprint density at radius 1 is 1.25 bits per heavy atom. The summed E-state index contributed by atoms with van der Waals surface area (Å²) in [4.78, 5) is 0. The van der Waals surface area contributed by atoms with Gasteiger partial charge in [-0.2, -0.15) is 5.26 Å². The summed E-state index contributed by atoms with van der Waals surface area (Å²) in [6.07, 6.45) is 3.45. The van der Waals surface area contributed by atoms with Crippen LogP contribution in [-0.4, -0.2) is 13.1 Å². The van der Waals surface area contributed by atoms with E-state index in [1.807, 2.05) is 6.07 Å². The fourth-order valence-electron chi connectivity index (χ4n) is 1.50. The van der Waals surface area contributed by atoms with Gasteiger partial charge in [0.05, 0.1) is 6.07 Å². The van der Waals surface area contributed by atoms with Crippen molar-refractivity contribution in [2.75, 3.05) is 13.1 Å². The van der Waals surface area contributed by atoms with Crippen molar-refractivity contribution in [1.29, 1.82) is 5.26 Å². The largest absolute Gasteiger partial charge is 0.316 e. The van der Waals surface area contributed by atoms with Crippen LogP contribution in [0.4, 0.5) is 4.39 Å². The molecule has 0 heterocycles. The van der Waals surface area contributed by atoms with Crippen LogP contribution in [0.5, 0.6) is 0 Å². The maximum Gasteiger partial charge on any atom is 0.123 e. The summed E-state index contributed by atoms with van der Waals surface area (Å²) in [5.41, 5.74) is 1.02. The molecule has 0 radical (unpaired) electrons. The average Bonchev–Trinajstić information content (AvgIpc) is 2.28. The van der Waals surface area contributed by atoms with E-state index in [2.05, 4.69) is 11.4 Å². The van der Waals surface area contributed by atoms with Gasteiger partial charge in [0, 0.05) is 6.42 Å². The Labute approximate surface area is 96.1 Å². The van der Waals surface area contributed by atoms with Gasteiger partial charge in [-0.25, -0.2) is 4.39 Å². The third-order valence-electron chi connectivity index (χ3n) is 2.37. The maximum atomic E-state index is 12.8. The van der Waals surface area contributed by atoms with Crippen LogP contribution < -0.4 is 5.32 Å². The molecule has 1 rings (SSSR count). The van der Waals surface area contributed by atoms with E-state index in [9.17, 15) is 4.39 Å². The third-order valence-corrected chi connectivity index (χ3v) is 2.37. The van der Waals surface area contributed by atoms with Gasteiger partial charge in [0.1, 0.15) is 5.82 Å². The van der Waals surface area contributed by atoms with Crippen molar-refractivity contribution < 1.29 is 4.39 Å². The number of unbranched alkanes of at least 4 members (excludes halogenated alkanes) is 2. The zero-order chi connectivity index (χ0) is 11.6. The molecule has 1 aromatic rings. The van der Waals surface area contributed by atoms with E-state index in [0.29, 0.717) is 6.42 Å². The van der Waals surface area contributed by atoms with Gasteiger partial charge in [-0.3, -0.25) is 0 Å². The molecule has 0 aromatic heterocycles. The molecule has 0 aliphatic rings. The minimum atomic E-state index is -0.175. The number of hydrogen-bond donors (Lipinski definition) is 1. The molecule has 0 aliphatic heterocycles. The number of benzene rings is 1. The molecule has 16 heavy (non-hydrogen) atoms. The minimum absolute atomic E-state index is 0.175. The van der Waals surface area contributed by atoms with Crippen LogP contribution in [0.2, 0.25) is 0 Å². The fourth-order valence-corrected chi connectivity index (χ4v) is 1.50. The first-order valence-electron chi connectivity index (χ1n) is 5.65. The normalized spacial score (nSPS) is 10.0. The second-order valence-corrected chi connectivity index (χ2v) is 3.75. The standard InChI is InChI=1S/C13H17FN2/c14-13-6-4-5-12(11-13)7-10-16-9-3-1-2-8-15/h4-6,11,16H,1-3,7,9-10H2. The van der Waals surface area contributed by atoms with Gasteiger partial charge in [0.25, 0.3) is 0 Å². The van der Waals surface area contributed by atoms with E-state index >= 15 is 0 Å². The first-order valence-corrected chi connectivity index (χ1v) is 5.65. The Bertz CT molecular complexity index is 344. The lowest BCUT2D eigenvalue weighted by molar-refractivity contribution is 0.615. The summed E-state index contributed by atoms with van der Waals surface area (Å²) in [6, 6.07) is 8.81. The van der Waals surface area contributed by atoms with Crippen LogP contribution in [-0.2, 0) is 6.42 Å². The zero-order valence-corrected chi connectivity index (χ0v) is 9.38. The monoisotopic (exact) mass is 220 g/mol. The second kappa shape index (κ2) is 7.84. The van der Waals surface area contributed by atoms with Crippen molar-refractivity contribution in [3.8, 4) is 6.07 Å². The van der Waals surface area contributed by atoms with Crippen LogP contribution in [0, 0.1) is 17.1 Å². The molecular weight excluding hydrogens is 203 g/mol. The first kappa shape index (κ1) is 12.7. The summed E-state index contributed by atoms with van der Waals surface area (Å²) in [5, 5.41) is 11.6. The van der Waals surface area contributed by atoms with Gasteiger partial charge in [-0.05, 0) is 50.0 Å². The van der Waals surface area contributed by atoms with Crippen molar-refractivity contribution in [3.05, 3.63) is 35.6 Å². The molecule has 0 bridgehead atoms. The first-order chi connectivity index (χ1) is 7.83. The third kappa shape index (κ3) is 5.47. The predicted molar refractivity (Wildman–Crippen MR) is 62.4 cm³/mol. The van der Waals surface area contributed by atoms with Crippen LogP contribution in [0.15, 0.2) is 24.3 Å². The summed E-state index contributed by atoms with van der Waals surface area (Å²) >= 11 is 0. The van der Waals surface area contributed by atoms with Gasteiger partial charge in [0.2, 0.25) is 0 Å². The molecule has 0 fully saturated rings. The molecule has 0 amide bonds. The number of nitrogens with zero attached hydrogens (tertiary/aromatic N) is 1. The summed E-state index contributed by atoms with van der Waals surface area (Å²) in [6.45, 7) is 1.78. The average molecular weight is 220 g/mol. The SMILES string of the molecule is N#CCCCCNCCc1cccc(F)c1. The number of nitrogens with one attached hydrogen (secondary N) is 1. The molecular formula is C13H17FN2. The van der Waals surface area contributed by atoms with Crippen molar-refractivity contribution in [2.24, 2.45) is 0 Å². The molecule has 1 N–H and O–H groups in total. The van der Waals surface area contributed by atoms with E-state index < -0.39 is 0 Å². The minimum Gasteiger partial charge on any atom is -0.316 e. The van der Waals surface area contributed by atoms with E-state index in [1.165, 1.54) is 6.07 Å². The summed E-state index contributed by atoms with van der Waals surface area (Å²) in [7, 11) is 0. The Balaban J connectivity index is 2.05. The van der Waals surface area contributed by atoms with Crippen molar-refractivity contribution in [3.63, 3.8) is 0 Å². The van der Waals surface area contributed by atoms with E-state index in [4.69, 9.17) is 5.26 Å². The smallest absolute Gasteiger partial charge is 0.123 e. The molecule has 3 heteroatoms. The highest BCUT2D eigenvalue weighted by Gasteiger charge is 1.95. The Hall–Kier alpha value is -1.40. The van der Waals surface area contributed by atoms with E-state index in [0.717, 1.165) is 37.9 Å². The number of nitriles is 1. The lowest BCUT2D eigenvalue weighted by Crippen LogP contribution is -2.18. The van der Waals surface area contributed by atoms with Crippen molar-refractivity contribution in [2.45, 2.75) is 25.7 Å². The van der Waals surface area contributed by atoms with Gasteiger partial charge in [-0.1, -0.05) is 12.1 Å². The second-order valence-electron chi connectivity index (χ2n) is 3.75. The lowest BCUT2D eigenvalue weighted by Gasteiger charge is -2.04. The molecule has 2 nitrogen and oxygen atoms in total. The van der Waals surface area contributed by atoms with Gasteiger partial charge in [0.15, 0.2) is 0 Å². The molecule has 0 atom stereocenters. The fraction of sp³-hybridized carbons (Fsp3) is 0.462. The number of rotatable bonds is 7. The molecule has 86 valence electrons.